The SMILES string of the molecule is O=C(NCCC1=CCNCC1)c1c(O)cccc1F. The van der Waals surface area contributed by atoms with E-state index in [0.717, 1.165) is 32.0 Å². The summed E-state index contributed by atoms with van der Waals surface area (Å²) in [6.07, 6.45) is 3.83. The fourth-order valence-electron chi connectivity index (χ4n) is 2.06. The van der Waals surface area contributed by atoms with Gasteiger partial charge in [-0.15, -0.1) is 0 Å². The summed E-state index contributed by atoms with van der Waals surface area (Å²) in [6, 6.07) is 3.82. The van der Waals surface area contributed by atoms with Crippen LogP contribution in [-0.4, -0.2) is 30.6 Å². The van der Waals surface area contributed by atoms with Crippen LogP contribution < -0.4 is 10.6 Å². The number of nitrogens with one attached hydrogen (secondary N) is 2. The zero-order valence-corrected chi connectivity index (χ0v) is 10.6. The van der Waals surface area contributed by atoms with Crippen molar-refractivity contribution in [1.29, 1.82) is 0 Å². The summed E-state index contributed by atoms with van der Waals surface area (Å²) in [6.45, 7) is 2.25. The van der Waals surface area contributed by atoms with Gasteiger partial charge >= 0.3 is 0 Å². The van der Waals surface area contributed by atoms with Crippen LogP contribution in [0.1, 0.15) is 23.2 Å². The zero-order valence-electron chi connectivity index (χ0n) is 10.6. The highest BCUT2D eigenvalue weighted by Crippen LogP contribution is 2.19. The fraction of sp³-hybridized carbons (Fsp3) is 0.357. The summed E-state index contributed by atoms with van der Waals surface area (Å²) in [5, 5.41) is 15.3. The van der Waals surface area contributed by atoms with E-state index < -0.39 is 11.7 Å². The number of phenolic OH excluding ortho intramolecular Hbond substituents is 1. The van der Waals surface area contributed by atoms with Crippen molar-refractivity contribution in [2.45, 2.75) is 12.8 Å². The van der Waals surface area contributed by atoms with E-state index in [1.165, 1.54) is 17.7 Å². The van der Waals surface area contributed by atoms with Crippen LogP contribution in [0.2, 0.25) is 0 Å². The van der Waals surface area contributed by atoms with Crippen LogP contribution in [-0.2, 0) is 0 Å². The van der Waals surface area contributed by atoms with Crippen LogP contribution >= 0.6 is 0 Å². The molecule has 0 aromatic heterocycles. The van der Waals surface area contributed by atoms with E-state index in [1.807, 2.05) is 0 Å². The monoisotopic (exact) mass is 264 g/mol. The number of halogens is 1. The van der Waals surface area contributed by atoms with Crippen LogP contribution in [0.15, 0.2) is 29.8 Å². The van der Waals surface area contributed by atoms with Gasteiger partial charge in [-0.2, -0.15) is 0 Å². The van der Waals surface area contributed by atoms with Crippen molar-refractivity contribution in [3.8, 4) is 5.75 Å². The molecule has 1 aromatic carbocycles. The Balaban J connectivity index is 1.89. The molecule has 2 rings (SSSR count). The minimum absolute atomic E-state index is 0.290. The van der Waals surface area contributed by atoms with Crippen molar-refractivity contribution in [3.05, 3.63) is 41.2 Å². The number of phenols is 1. The highest BCUT2D eigenvalue weighted by molar-refractivity contribution is 5.97. The van der Waals surface area contributed by atoms with Gasteiger partial charge in [0.25, 0.3) is 5.91 Å². The fourth-order valence-corrected chi connectivity index (χ4v) is 2.06. The van der Waals surface area contributed by atoms with E-state index in [4.69, 9.17) is 0 Å². The summed E-state index contributed by atoms with van der Waals surface area (Å²) in [5.41, 5.74) is 0.999. The largest absolute Gasteiger partial charge is 0.507 e. The molecule has 4 nitrogen and oxygen atoms in total. The van der Waals surface area contributed by atoms with Gasteiger partial charge in [-0.25, -0.2) is 4.39 Å². The molecule has 0 atom stereocenters. The Labute approximate surface area is 111 Å². The summed E-state index contributed by atoms with van der Waals surface area (Å²) >= 11 is 0. The molecule has 0 spiro atoms. The van der Waals surface area contributed by atoms with Gasteiger partial charge in [-0.05, 0) is 31.5 Å². The van der Waals surface area contributed by atoms with Gasteiger partial charge in [0.1, 0.15) is 17.1 Å². The molecule has 5 heteroatoms. The van der Waals surface area contributed by atoms with E-state index in [0.29, 0.717) is 6.54 Å². The molecular weight excluding hydrogens is 247 g/mol. The first-order valence-electron chi connectivity index (χ1n) is 6.33. The van der Waals surface area contributed by atoms with Crippen molar-refractivity contribution >= 4 is 5.91 Å². The lowest BCUT2D eigenvalue weighted by Crippen LogP contribution is -2.27. The molecule has 19 heavy (non-hydrogen) atoms. The Bertz CT molecular complexity index is 480. The molecule has 0 aliphatic carbocycles. The Hall–Kier alpha value is -1.88. The van der Waals surface area contributed by atoms with Crippen LogP contribution in [0.3, 0.4) is 0 Å². The first-order chi connectivity index (χ1) is 9.18. The van der Waals surface area contributed by atoms with Crippen molar-refractivity contribution in [2.75, 3.05) is 19.6 Å². The lowest BCUT2D eigenvalue weighted by Gasteiger charge is -2.14. The topological polar surface area (TPSA) is 61.4 Å². The zero-order chi connectivity index (χ0) is 13.7. The lowest BCUT2D eigenvalue weighted by molar-refractivity contribution is 0.0947. The predicted octanol–water partition coefficient (Wildman–Crippen LogP) is 1.57. The molecule has 1 aliphatic rings. The predicted molar refractivity (Wildman–Crippen MR) is 70.6 cm³/mol. The summed E-state index contributed by atoms with van der Waals surface area (Å²) in [4.78, 5) is 11.8. The quantitative estimate of drug-likeness (QED) is 0.723. The van der Waals surface area contributed by atoms with Crippen molar-refractivity contribution in [2.24, 2.45) is 0 Å². The van der Waals surface area contributed by atoms with Crippen LogP contribution in [0.25, 0.3) is 0 Å². The normalized spacial score (nSPS) is 14.9. The van der Waals surface area contributed by atoms with Crippen LogP contribution in [0, 0.1) is 5.82 Å². The van der Waals surface area contributed by atoms with Crippen molar-refractivity contribution in [1.82, 2.24) is 10.6 Å². The first-order valence-corrected chi connectivity index (χ1v) is 6.33. The number of aromatic hydroxyl groups is 1. The third-order valence-corrected chi connectivity index (χ3v) is 3.11. The van der Waals surface area contributed by atoms with Gasteiger partial charge in [0, 0.05) is 13.1 Å². The second-order valence-electron chi connectivity index (χ2n) is 4.46. The molecule has 0 saturated carbocycles. The molecule has 0 fully saturated rings. The first kappa shape index (κ1) is 13.5. The third-order valence-electron chi connectivity index (χ3n) is 3.11. The average Bonchev–Trinajstić information content (AvgIpc) is 2.40. The molecule has 1 aromatic rings. The summed E-state index contributed by atoms with van der Waals surface area (Å²) in [5.74, 6) is -1.62. The van der Waals surface area contributed by atoms with E-state index in [-0.39, 0.29) is 11.3 Å². The molecule has 0 saturated heterocycles. The number of rotatable bonds is 4. The minimum atomic E-state index is -0.710. The Kier molecular flexibility index (Phi) is 4.52. The van der Waals surface area contributed by atoms with Gasteiger partial charge in [0.2, 0.25) is 0 Å². The van der Waals surface area contributed by atoms with Gasteiger partial charge < -0.3 is 15.7 Å². The number of benzene rings is 1. The van der Waals surface area contributed by atoms with E-state index >= 15 is 0 Å². The number of carbonyl (C=O) groups is 1. The molecule has 0 bridgehead atoms. The number of carbonyl (C=O) groups excluding carboxylic acids is 1. The van der Waals surface area contributed by atoms with Crippen molar-refractivity contribution < 1.29 is 14.3 Å². The Morgan fingerprint density at radius 3 is 3.00 bits per heavy atom. The molecule has 1 heterocycles. The van der Waals surface area contributed by atoms with E-state index in [2.05, 4.69) is 16.7 Å². The van der Waals surface area contributed by atoms with Crippen LogP contribution in [0.4, 0.5) is 4.39 Å². The molecule has 3 N–H and O–H groups in total. The highest BCUT2D eigenvalue weighted by atomic mass is 19.1. The highest BCUT2D eigenvalue weighted by Gasteiger charge is 2.15. The average molecular weight is 264 g/mol. The molecule has 1 amide bonds. The molecular formula is C14H17FN2O2. The lowest BCUT2D eigenvalue weighted by atomic mass is 10.1. The number of amides is 1. The Morgan fingerprint density at radius 1 is 1.47 bits per heavy atom. The van der Waals surface area contributed by atoms with Gasteiger partial charge in [-0.3, -0.25) is 4.79 Å². The van der Waals surface area contributed by atoms with E-state index in [1.54, 1.807) is 0 Å². The molecule has 0 unspecified atom stereocenters. The van der Waals surface area contributed by atoms with Crippen LogP contribution in [0.5, 0.6) is 5.75 Å². The third kappa shape index (κ3) is 3.54. The van der Waals surface area contributed by atoms with Gasteiger partial charge in [0.05, 0.1) is 0 Å². The maximum atomic E-state index is 13.4. The number of hydrogen-bond donors (Lipinski definition) is 3. The Morgan fingerprint density at radius 2 is 2.32 bits per heavy atom. The van der Waals surface area contributed by atoms with Gasteiger partial charge in [0.15, 0.2) is 0 Å². The summed E-state index contributed by atoms with van der Waals surface area (Å²) < 4.78 is 13.4. The summed E-state index contributed by atoms with van der Waals surface area (Å²) in [7, 11) is 0. The molecule has 0 radical (unpaired) electrons. The molecule has 102 valence electrons. The smallest absolute Gasteiger partial charge is 0.258 e. The molecule has 1 aliphatic heterocycles. The maximum Gasteiger partial charge on any atom is 0.258 e. The second-order valence-corrected chi connectivity index (χ2v) is 4.46. The minimum Gasteiger partial charge on any atom is -0.507 e. The van der Waals surface area contributed by atoms with Gasteiger partial charge in [-0.1, -0.05) is 17.7 Å². The maximum absolute atomic E-state index is 13.4. The second kappa shape index (κ2) is 6.33. The van der Waals surface area contributed by atoms with Crippen molar-refractivity contribution in [3.63, 3.8) is 0 Å². The van der Waals surface area contributed by atoms with E-state index in [9.17, 15) is 14.3 Å². The number of hydrogen-bond acceptors (Lipinski definition) is 3. The standard InChI is InChI=1S/C14H17FN2O2/c15-11-2-1-3-12(18)13(11)14(19)17-9-6-10-4-7-16-8-5-10/h1-4,16,18H,5-9H2,(H,17,19).